The number of fused-ring (bicyclic) bond motifs is 1. The predicted molar refractivity (Wildman–Crippen MR) is 192 cm³/mol. The van der Waals surface area contributed by atoms with Gasteiger partial charge in [0, 0.05) is 25.5 Å². The summed E-state index contributed by atoms with van der Waals surface area (Å²) in [5, 5.41) is 11.4. The van der Waals surface area contributed by atoms with Gasteiger partial charge in [0.15, 0.2) is 0 Å². The van der Waals surface area contributed by atoms with Gasteiger partial charge in [-0.15, -0.1) is 6.58 Å². The normalized spacial score (nSPS) is 24.9. The standard InChI is InChI=1S/C39H56N6O6/c1-8-18-41-34(49)29(46)26(20-23-14-15-23)42-33(48)28-27-25(38(27,5)6)22-45(28)36(51)31(37(2,3)4)44-35(50)30(39(7)16-10-9-11-17-39)43-32(47)24-13-12-19-40-21-24/h8,12-13,19,21,23,25-28,30-31H,1,9-11,14-18,20,22H2,2-7H3,(H,41,49)(H,42,48)(H,43,47)(H,44,50)/t25-,26?,27-,28-,30+,31+/m0/s1. The minimum atomic E-state index is -1.01. The number of rotatable bonds is 14. The van der Waals surface area contributed by atoms with Gasteiger partial charge in [-0.3, -0.25) is 33.8 Å². The Labute approximate surface area is 301 Å². The first kappa shape index (κ1) is 38.1. The second-order valence-electron chi connectivity index (χ2n) is 17.2. The van der Waals surface area contributed by atoms with E-state index in [1.165, 1.54) is 12.3 Å². The van der Waals surface area contributed by atoms with Gasteiger partial charge in [-0.25, -0.2) is 0 Å². The predicted octanol–water partition coefficient (Wildman–Crippen LogP) is 3.32. The molecule has 4 N–H and O–H groups in total. The molecule has 51 heavy (non-hydrogen) atoms. The molecule has 12 heteroatoms. The van der Waals surface area contributed by atoms with Crippen molar-refractivity contribution in [1.82, 2.24) is 31.2 Å². The Morgan fingerprint density at radius 2 is 1.71 bits per heavy atom. The summed E-state index contributed by atoms with van der Waals surface area (Å²) in [6, 6.07) is -0.497. The average Bonchev–Trinajstić information content (AvgIpc) is 3.95. The number of aromatic nitrogens is 1. The molecule has 4 aliphatic rings. The van der Waals surface area contributed by atoms with Crippen LogP contribution in [0.2, 0.25) is 0 Å². The Morgan fingerprint density at radius 3 is 2.29 bits per heavy atom. The van der Waals surface area contributed by atoms with Crippen molar-refractivity contribution in [2.45, 2.75) is 117 Å². The molecule has 3 aliphatic carbocycles. The number of pyridine rings is 1. The highest BCUT2D eigenvalue weighted by molar-refractivity contribution is 6.38. The number of Topliss-reactive ketones (excluding diaryl/α,β-unsaturated/α-hetero) is 1. The Kier molecular flexibility index (Phi) is 11.1. The molecular formula is C39H56N6O6. The third-order valence-corrected chi connectivity index (χ3v) is 11.8. The summed E-state index contributed by atoms with van der Waals surface area (Å²) < 4.78 is 0. The van der Waals surface area contributed by atoms with Crippen LogP contribution in [0.15, 0.2) is 37.2 Å². The molecule has 2 heterocycles. The van der Waals surface area contributed by atoms with Crippen molar-refractivity contribution in [2.24, 2.45) is 34.0 Å². The van der Waals surface area contributed by atoms with Crippen molar-refractivity contribution in [3.05, 3.63) is 42.7 Å². The van der Waals surface area contributed by atoms with Crippen molar-refractivity contribution >= 4 is 35.3 Å². The van der Waals surface area contributed by atoms with Gasteiger partial charge in [0.25, 0.3) is 11.8 Å². The summed E-state index contributed by atoms with van der Waals surface area (Å²) in [6.45, 7) is 15.8. The Hall–Kier alpha value is -4.09. The van der Waals surface area contributed by atoms with Crippen LogP contribution in [0.3, 0.4) is 0 Å². The number of carbonyl (C=O) groups excluding carboxylic acids is 6. The van der Waals surface area contributed by atoms with Crippen molar-refractivity contribution in [1.29, 1.82) is 0 Å². The zero-order valence-corrected chi connectivity index (χ0v) is 31.1. The van der Waals surface area contributed by atoms with Crippen LogP contribution in [-0.2, 0) is 24.0 Å². The van der Waals surface area contributed by atoms with E-state index in [2.05, 4.69) is 46.7 Å². The van der Waals surface area contributed by atoms with Crippen LogP contribution in [-0.4, -0.2) is 82.5 Å². The van der Waals surface area contributed by atoms with Gasteiger partial charge >= 0.3 is 0 Å². The van der Waals surface area contributed by atoms with Crippen LogP contribution in [0.1, 0.15) is 103 Å². The fraction of sp³-hybridized carbons (Fsp3) is 0.667. The van der Waals surface area contributed by atoms with E-state index < -0.39 is 64.4 Å². The molecule has 0 radical (unpaired) electrons. The lowest BCUT2D eigenvalue weighted by atomic mass is 9.70. The largest absolute Gasteiger partial charge is 0.346 e. The lowest BCUT2D eigenvalue weighted by Gasteiger charge is -2.42. The number of likely N-dealkylation sites (tertiary alicyclic amines) is 1. The van der Waals surface area contributed by atoms with Crippen LogP contribution in [0.4, 0.5) is 0 Å². The molecule has 5 rings (SSSR count). The maximum absolute atomic E-state index is 14.7. The van der Waals surface area contributed by atoms with Crippen molar-refractivity contribution in [3.8, 4) is 0 Å². The topological polar surface area (TPSA) is 167 Å². The zero-order chi connectivity index (χ0) is 37.3. The number of carbonyl (C=O) groups is 6. The van der Waals surface area contributed by atoms with Crippen molar-refractivity contribution in [2.75, 3.05) is 13.1 Å². The van der Waals surface area contributed by atoms with Crippen molar-refractivity contribution in [3.63, 3.8) is 0 Å². The van der Waals surface area contributed by atoms with Crippen LogP contribution >= 0.6 is 0 Å². The van der Waals surface area contributed by atoms with E-state index in [-0.39, 0.29) is 35.6 Å². The molecule has 0 bridgehead atoms. The smallest absolute Gasteiger partial charge is 0.289 e. The first-order valence-corrected chi connectivity index (χ1v) is 18.5. The molecule has 0 aromatic carbocycles. The average molecular weight is 705 g/mol. The Balaban J connectivity index is 1.38. The number of nitrogens with one attached hydrogen (secondary N) is 4. The van der Waals surface area contributed by atoms with Crippen LogP contribution < -0.4 is 21.3 Å². The first-order valence-electron chi connectivity index (χ1n) is 18.5. The third-order valence-electron chi connectivity index (χ3n) is 11.8. The van der Waals surface area contributed by atoms with Gasteiger partial charge in [-0.2, -0.15) is 0 Å². The molecule has 5 amide bonds. The summed E-state index contributed by atoms with van der Waals surface area (Å²) in [5.74, 6) is -3.04. The van der Waals surface area contributed by atoms with E-state index in [0.717, 1.165) is 44.9 Å². The quantitative estimate of drug-likeness (QED) is 0.170. The molecule has 12 nitrogen and oxygen atoms in total. The highest BCUT2D eigenvalue weighted by Gasteiger charge is 2.70. The summed E-state index contributed by atoms with van der Waals surface area (Å²) in [6.07, 6.45) is 11.1. The molecule has 1 unspecified atom stereocenters. The van der Waals surface area contributed by atoms with Gasteiger partial charge < -0.3 is 26.2 Å². The number of ketones is 1. The minimum absolute atomic E-state index is 0.0645. The van der Waals surface area contributed by atoms with E-state index in [4.69, 9.17) is 0 Å². The van der Waals surface area contributed by atoms with E-state index >= 15 is 0 Å². The van der Waals surface area contributed by atoms with E-state index in [9.17, 15) is 28.8 Å². The SMILES string of the molecule is C=CCNC(=O)C(=O)C(CC1CC1)NC(=O)[C@@H]1[C@@H]2[C@H](CN1C(=O)[C@@H](NC(=O)[C@@H](NC(=O)c1cccnc1)C1(C)CCCCC1)C(C)(C)C)C2(C)C. The molecule has 6 atom stereocenters. The van der Waals surface area contributed by atoms with E-state index in [0.29, 0.717) is 18.5 Å². The molecule has 1 aromatic heterocycles. The fourth-order valence-corrected chi connectivity index (χ4v) is 8.35. The number of hydrogen-bond donors (Lipinski definition) is 4. The maximum atomic E-state index is 14.7. The summed E-state index contributed by atoms with van der Waals surface area (Å²) in [7, 11) is 0. The van der Waals surface area contributed by atoms with E-state index in [1.54, 1.807) is 23.2 Å². The molecule has 1 aromatic rings. The molecule has 1 aliphatic heterocycles. The number of piperidine rings is 1. The van der Waals surface area contributed by atoms with Crippen LogP contribution in [0.5, 0.6) is 0 Å². The summed E-state index contributed by atoms with van der Waals surface area (Å²) in [5.41, 5.74) is -1.15. The summed E-state index contributed by atoms with van der Waals surface area (Å²) >= 11 is 0. The molecule has 1 saturated heterocycles. The fourth-order valence-electron chi connectivity index (χ4n) is 8.35. The van der Waals surface area contributed by atoms with Gasteiger partial charge in [0.05, 0.1) is 11.6 Å². The first-order chi connectivity index (χ1) is 24.0. The van der Waals surface area contributed by atoms with Gasteiger partial charge in [-0.05, 0) is 65.4 Å². The summed E-state index contributed by atoms with van der Waals surface area (Å²) in [4.78, 5) is 88.1. The zero-order valence-electron chi connectivity index (χ0n) is 31.1. The highest BCUT2D eigenvalue weighted by atomic mass is 16.2. The maximum Gasteiger partial charge on any atom is 0.289 e. The molecule has 3 saturated carbocycles. The minimum Gasteiger partial charge on any atom is -0.346 e. The number of hydrogen-bond acceptors (Lipinski definition) is 7. The Morgan fingerprint density at radius 1 is 1.02 bits per heavy atom. The Bertz CT molecular complexity index is 1530. The highest BCUT2D eigenvalue weighted by Crippen LogP contribution is 2.65. The molecule has 0 spiro atoms. The lowest BCUT2D eigenvalue weighted by Crippen LogP contribution is -2.64. The monoisotopic (exact) mass is 704 g/mol. The van der Waals surface area contributed by atoms with Gasteiger partial charge in [0.1, 0.15) is 18.1 Å². The molecular weight excluding hydrogens is 648 g/mol. The second kappa shape index (κ2) is 14.9. The molecule has 4 fully saturated rings. The number of amides is 5. The van der Waals surface area contributed by atoms with Gasteiger partial charge in [0.2, 0.25) is 23.5 Å². The molecule has 278 valence electrons. The second-order valence-corrected chi connectivity index (χ2v) is 17.2. The van der Waals surface area contributed by atoms with Crippen LogP contribution in [0, 0.1) is 34.0 Å². The lowest BCUT2D eigenvalue weighted by molar-refractivity contribution is -0.147. The third kappa shape index (κ3) is 8.36. The van der Waals surface area contributed by atoms with Crippen molar-refractivity contribution < 1.29 is 28.8 Å². The van der Waals surface area contributed by atoms with Gasteiger partial charge in [-0.1, -0.05) is 79.7 Å². The van der Waals surface area contributed by atoms with E-state index in [1.807, 2.05) is 27.7 Å². The number of nitrogens with zero attached hydrogens (tertiary/aromatic N) is 2. The van der Waals surface area contributed by atoms with Crippen LogP contribution in [0.25, 0.3) is 0 Å².